The third kappa shape index (κ3) is 20.9. The van der Waals surface area contributed by atoms with Gasteiger partial charge in [0.05, 0.1) is 19.8 Å². The largest absolute Gasteiger partial charge is 0.457 e. The first-order valence-electron chi connectivity index (χ1n) is 17.4. The van der Waals surface area contributed by atoms with E-state index in [1.807, 2.05) is 0 Å². The van der Waals surface area contributed by atoms with Gasteiger partial charge in [-0.05, 0) is 38.5 Å². The van der Waals surface area contributed by atoms with Gasteiger partial charge in [-0.15, -0.1) is 0 Å². The highest BCUT2D eigenvalue weighted by atomic mass is 32.3. The molecule has 4 N–H and O–H groups in total. The molecule has 0 amide bonds. The van der Waals surface area contributed by atoms with E-state index in [1.54, 1.807) is 0 Å². The van der Waals surface area contributed by atoms with Gasteiger partial charge >= 0.3 is 16.4 Å². The van der Waals surface area contributed by atoms with Gasteiger partial charge in [-0.25, -0.2) is 4.18 Å². The van der Waals surface area contributed by atoms with E-state index in [0.29, 0.717) is 13.0 Å². The molecule has 0 spiro atoms. The number of hydrogen-bond acceptors (Lipinski definition) is 11. The van der Waals surface area contributed by atoms with Crippen LogP contribution in [0.1, 0.15) is 129 Å². The van der Waals surface area contributed by atoms with Gasteiger partial charge in [0.2, 0.25) is 0 Å². The van der Waals surface area contributed by atoms with Crippen LogP contribution in [0.15, 0.2) is 12.2 Å². The van der Waals surface area contributed by atoms with Crippen molar-refractivity contribution in [3.63, 3.8) is 0 Å². The molecule has 0 aromatic rings. The first kappa shape index (κ1) is 42.9. The number of rotatable bonds is 29. The van der Waals surface area contributed by atoms with Crippen LogP contribution in [0.5, 0.6) is 0 Å². The summed E-state index contributed by atoms with van der Waals surface area (Å²) in [7, 11) is -5.05. The predicted molar refractivity (Wildman–Crippen MR) is 174 cm³/mol. The third-order valence-electron chi connectivity index (χ3n) is 7.89. The molecule has 0 radical (unpaired) electrons. The Balaban J connectivity index is 2.53. The van der Waals surface area contributed by atoms with Gasteiger partial charge in [0.25, 0.3) is 0 Å². The smallest absolute Gasteiger partial charge is 0.397 e. The van der Waals surface area contributed by atoms with Crippen molar-refractivity contribution in [1.82, 2.24) is 0 Å². The van der Waals surface area contributed by atoms with Crippen molar-refractivity contribution >= 4 is 16.4 Å². The van der Waals surface area contributed by atoms with E-state index in [2.05, 4.69) is 30.2 Å². The van der Waals surface area contributed by atoms with E-state index in [-0.39, 0.29) is 19.6 Å². The van der Waals surface area contributed by atoms with E-state index in [4.69, 9.17) is 23.5 Å². The number of aliphatic hydroxyl groups excluding tert-OH is 3. The molecule has 1 rings (SSSR count). The second-order valence-corrected chi connectivity index (χ2v) is 13.2. The second-order valence-electron chi connectivity index (χ2n) is 12.1. The third-order valence-corrected chi connectivity index (χ3v) is 8.35. The Morgan fingerprint density at radius 1 is 0.804 bits per heavy atom. The molecule has 13 heteroatoms. The van der Waals surface area contributed by atoms with Gasteiger partial charge in [0.1, 0.15) is 30.5 Å². The van der Waals surface area contributed by atoms with E-state index in [9.17, 15) is 28.5 Å². The van der Waals surface area contributed by atoms with Crippen LogP contribution in [-0.4, -0.2) is 97.5 Å². The molecule has 6 unspecified atom stereocenters. The highest BCUT2D eigenvalue weighted by Gasteiger charge is 2.48. The molecular formula is C33H62O12S. The summed E-state index contributed by atoms with van der Waals surface area (Å²) in [6.07, 6.45) is 14.3. The maximum absolute atomic E-state index is 12.7. The van der Waals surface area contributed by atoms with Crippen LogP contribution in [-0.2, 0) is 38.3 Å². The van der Waals surface area contributed by atoms with Crippen molar-refractivity contribution in [2.24, 2.45) is 0 Å². The van der Waals surface area contributed by atoms with Crippen molar-refractivity contribution in [2.75, 3.05) is 26.4 Å². The van der Waals surface area contributed by atoms with Crippen molar-refractivity contribution in [3.8, 4) is 0 Å². The fraction of sp³-hybridized carbons (Fsp3) is 0.909. The standard InChI is InChI=1S/C33H62O12S/c1-3-5-7-9-11-12-13-14-15-16-17-18-20-22-29(35)43-27(25-41-23-21-19-10-8-6-4-2)26-42-33-31(37)32(45-46(38,39)40)30(36)28(24-34)44-33/h12-13,27-28,30-34,36-37H,3-11,14-26H2,1-2H3,(H,38,39,40)/b13-12-. The van der Waals surface area contributed by atoms with Crippen LogP contribution in [0.25, 0.3) is 0 Å². The lowest BCUT2D eigenvalue weighted by molar-refractivity contribution is -0.301. The molecular weight excluding hydrogens is 620 g/mol. The normalized spacial score (nSPS) is 22.8. The Kier molecular flexibility index (Phi) is 24.9. The monoisotopic (exact) mass is 682 g/mol. The van der Waals surface area contributed by atoms with Gasteiger partial charge in [-0.2, -0.15) is 8.42 Å². The van der Waals surface area contributed by atoms with E-state index < -0.39 is 59.8 Å². The molecule has 272 valence electrons. The number of ether oxygens (including phenoxy) is 4. The summed E-state index contributed by atoms with van der Waals surface area (Å²) in [4.78, 5) is 12.7. The van der Waals surface area contributed by atoms with Crippen molar-refractivity contribution in [2.45, 2.75) is 166 Å². The van der Waals surface area contributed by atoms with E-state index in [0.717, 1.165) is 57.8 Å². The SMILES string of the molecule is CCCCCC/C=C\CCCCCCCC(=O)OC(COCCCCCCCC)COC1OC(CO)C(O)C(OS(=O)(=O)O)C1O. The Labute approximate surface area is 277 Å². The molecule has 6 atom stereocenters. The molecule has 0 aliphatic carbocycles. The van der Waals surface area contributed by atoms with Crippen molar-refractivity contribution < 1.29 is 56.2 Å². The van der Waals surface area contributed by atoms with Crippen LogP contribution in [0.2, 0.25) is 0 Å². The zero-order valence-corrected chi connectivity index (χ0v) is 29.0. The Bertz CT molecular complexity index is 884. The number of unbranched alkanes of at least 4 members (excludes halogenated alkanes) is 14. The van der Waals surface area contributed by atoms with Crippen LogP contribution in [0.4, 0.5) is 0 Å². The summed E-state index contributed by atoms with van der Waals surface area (Å²) in [6, 6.07) is 0. The van der Waals surface area contributed by atoms with Crippen LogP contribution >= 0.6 is 0 Å². The molecule has 1 fully saturated rings. The Hall–Kier alpha value is -1.16. The molecule has 0 saturated carbocycles. The lowest BCUT2D eigenvalue weighted by Gasteiger charge is -2.41. The first-order valence-corrected chi connectivity index (χ1v) is 18.8. The summed E-state index contributed by atoms with van der Waals surface area (Å²) >= 11 is 0. The summed E-state index contributed by atoms with van der Waals surface area (Å²) in [5.41, 5.74) is 0. The summed E-state index contributed by atoms with van der Waals surface area (Å²) in [6.45, 7) is 3.87. The number of hydrogen-bond donors (Lipinski definition) is 4. The lowest BCUT2D eigenvalue weighted by Crippen LogP contribution is -2.60. The van der Waals surface area contributed by atoms with Crippen LogP contribution < -0.4 is 0 Å². The van der Waals surface area contributed by atoms with E-state index >= 15 is 0 Å². The summed E-state index contributed by atoms with van der Waals surface area (Å²) in [5.74, 6) is -0.413. The van der Waals surface area contributed by atoms with Crippen LogP contribution in [0, 0.1) is 0 Å². The molecule has 0 aromatic carbocycles. The number of aliphatic hydroxyl groups is 3. The van der Waals surface area contributed by atoms with E-state index in [1.165, 1.54) is 44.9 Å². The molecule has 12 nitrogen and oxygen atoms in total. The van der Waals surface area contributed by atoms with Crippen molar-refractivity contribution in [3.05, 3.63) is 12.2 Å². The number of esters is 1. The maximum atomic E-state index is 12.7. The zero-order valence-electron chi connectivity index (χ0n) is 28.1. The number of carbonyl (C=O) groups is 1. The first-order chi connectivity index (χ1) is 22.1. The van der Waals surface area contributed by atoms with Crippen LogP contribution in [0.3, 0.4) is 0 Å². The van der Waals surface area contributed by atoms with Crippen molar-refractivity contribution in [1.29, 1.82) is 0 Å². The Morgan fingerprint density at radius 2 is 1.37 bits per heavy atom. The molecule has 1 aliphatic rings. The Morgan fingerprint density at radius 3 is 1.98 bits per heavy atom. The zero-order chi connectivity index (χ0) is 34.0. The summed E-state index contributed by atoms with van der Waals surface area (Å²) in [5, 5.41) is 30.3. The van der Waals surface area contributed by atoms with Gasteiger partial charge in [-0.3, -0.25) is 9.35 Å². The molecule has 1 heterocycles. The maximum Gasteiger partial charge on any atom is 0.397 e. The topological polar surface area (TPSA) is 178 Å². The number of allylic oxidation sites excluding steroid dienone is 2. The minimum absolute atomic E-state index is 0.0344. The van der Waals surface area contributed by atoms with Gasteiger partial charge in [0.15, 0.2) is 6.29 Å². The average molecular weight is 683 g/mol. The second kappa shape index (κ2) is 26.8. The van der Waals surface area contributed by atoms with Gasteiger partial charge < -0.3 is 34.3 Å². The highest BCUT2D eigenvalue weighted by molar-refractivity contribution is 7.80. The molecule has 1 saturated heterocycles. The lowest BCUT2D eigenvalue weighted by atomic mass is 9.99. The van der Waals surface area contributed by atoms with Gasteiger partial charge in [-0.1, -0.05) is 96.6 Å². The average Bonchev–Trinajstić information content (AvgIpc) is 3.01. The highest BCUT2D eigenvalue weighted by Crippen LogP contribution is 2.26. The minimum Gasteiger partial charge on any atom is -0.457 e. The fourth-order valence-electron chi connectivity index (χ4n) is 5.19. The number of carbonyl (C=O) groups excluding carboxylic acids is 1. The molecule has 1 aliphatic heterocycles. The minimum atomic E-state index is -5.05. The molecule has 0 aromatic heterocycles. The summed E-state index contributed by atoms with van der Waals surface area (Å²) < 4.78 is 58.4. The van der Waals surface area contributed by atoms with Gasteiger partial charge in [0, 0.05) is 13.0 Å². The molecule has 46 heavy (non-hydrogen) atoms. The predicted octanol–water partition coefficient (Wildman–Crippen LogP) is 5.18. The quantitative estimate of drug-likeness (QED) is 0.0352. The fourth-order valence-corrected chi connectivity index (χ4v) is 5.70. The molecule has 0 bridgehead atoms.